The lowest BCUT2D eigenvalue weighted by Crippen LogP contribution is -2.15. The van der Waals surface area contributed by atoms with Gasteiger partial charge in [0.05, 0.1) is 23.4 Å². The molecule has 31 heavy (non-hydrogen) atoms. The topological polar surface area (TPSA) is 94.7 Å². The summed E-state index contributed by atoms with van der Waals surface area (Å²) in [7, 11) is 0. The Kier molecular flexibility index (Phi) is 6.87. The van der Waals surface area contributed by atoms with Crippen molar-refractivity contribution in [1.82, 2.24) is 4.98 Å². The van der Waals surface area contributed by atoms with Crippen LogP contribution in [-0.2, 0) is 9.47 Å². The number of Topliss-reactive ketones (excluding diaryl/α,β-unsaturated/α-hetero) is 1. The van der Waals surface area contributed by atoms with Crippen LogP contribution in [0.25, 0.3) is 0 Å². The number of aryl methyl sites for hydroxylation is 1. The van der Waals surface area contributed by atoms with Gasteiger partial charge in [0.15, 0.2) is 6.61 Å². The lowest BCUT2D eigenvalue weighted by Gasteiger charge is -2.07. The number of para-hydroxylation sites is 1. The molecule has 3 rings (SSSR count). The first-order valence-corrected chi connectivity index (χ1v) is 9.80. The molecule has 1 N–H and O–H groups in total. The predicted molar refractivity (Wildman–Crippen MR) is 114 cm³/mol. The molecule has 3 aromatic rings. The molecule has 7 nitrogen and oxygen atoms in total. The lowest BCUT2D eigenvalue weighted by atomic mass is 10.1. The Morgan fingerprint density at radius 1 is 0.839 bits per heavy atom. The third kappa shape index (κ3) is 5.19. The van der Waals surface area contributed by atoms with E-state index in [1.54, 1.807) is 45.0 Å². The maximum Gasteiger partial charge on any atom is 0.340 e. The van der Waals surface area contributed by atoms with E-state index in [0.29, 0.717) is 33.9 Å². The number of H-pyrrole nitrogens is 1. The highest BCUT2D eigenvalue weighted by Gasteiger charge is 2.23. The van der Waals surface area contributed by atoms with Crippen LogP contribution in [0.3, 0.4) is 0 Å². The molecule has 0 amide bonds. The number of hydrogen-bond donors (Lipinski definition) is 1. The van der Waals surface area contributed by atoms with Crippen LogP contribution in [0.2, 0.25) is 0 Å². The number of ketones is 1. The van der Waals surface area contributed by atoms with E-state index in [-0.39, 0.29) is 12.3 Å². The van der Waals surface area contributed by atoms with Crippen molar-refractivity contribution in [2.24, 2.45) is 0 Å². The van der Waals surface area contributed by atoms with Gasteiger partial charge in [-0.05, 0) is 62.7 Å². The van der Waals surface area contributed by atoms with E-state index in [1.807, 2.05) is 30.3 Å². The molecule has 0 spiro atoms. The van der Waals surface area contributed by atoms with Crippen molar-refractivity contribution in [3.63, 3.8) is 0 Å². The van der Waals surface area contributed by atoms with Gasteiger partial charge in [0.25, 0.3) is 0 Å². The fourth-order valence-electron chi connectivity index (χ4n) is 3.11. The number of nitrogens with one attached hydrogen (secondary N) is 1. The number of benzene rings is 2. The molecule has 0 fully saturated rings. The minimum atomic E-state index is -0.633. The van der Waals surface area contributed by atoms with Crippen LogP contribution in [0.1, 0.15) is 49.4 Å². The van der Waals surface area contributed by atoms with Crippen molar-refractivity contribution >= 4 is 17.7 Å². The smallest absolute Gasteiger partial charge is 0.340 e. The van der Waals surface area contributed by atoms with E-state index in [2.05, 4.69) is 4.98 Å². The lowest BCUT2D eigenvalue weighted by molar-refractivity contribution is 0.0472. The highest BCUT2D eigenvalue weighted by atomic mass is 16.5. The molecule has 0 radical (unpaired) electrons. The number of aromatic amines is 1. The van der Waals surface area contributed by atoms with Gasteiger partial charge in [0.1, 0.15) is 11.5 Å². The number of ether oxygens (including phenoxy) is 3. The van der Waals surface area contributed by atoms with E-state index < -0.39 is 24.3 Å². The molecule has 7 heteroatoms. The number of rotatable bonds is 8. The SMILES string of the molecule is CCOC(=O)c1c(C)[nH]c(C(=O)COC(=O)c2ccc(Oc3ccccc3)cc2)c1C. The molecule has 1 heterocycles. The zero-order chi connectivity index (χ0) is 22.4. The Morgan fingerprint density at radius 2 is 1.48 bits per heavy atom. The summed E-state index contributed by atoms with van der Waals surface area (Å²) in [4.78, 5) is 39.8. The molecule has 2 aromatic carbocycles. The van der Waals surface area contributed by atoms with Crippen LogP contribution in [0.5, 0.6) is 11.5 Å². The summed E-state index contributed by atoms with van der Waals surface area (Å²) in [5.74, 6) is -0.313. The fraction of sp³-hybridized carbons (Fsp3) is 0.208. The third-order valence-electron chi connectivity index (χ3n) is 4.60. The van der Waals surface area contributed by atoms with Gasteiger partial charge >= 0.3 is 11.9 Å². The van der Waals surface area contributed by atoms with Crippen LogP contribution in [0.4, 0.5) is 0 Å². The predicted octanol–water partition coefficient (Wildman–Crippen LogP) is 4.64. The highest BCUT2D eigenvalue weighted by Crippen LogP contribution is 2.22. The zero-order valence-electron chi connectivity index (χ0n) is 17.6. The van der Waals surface area contributed by atoms with Gasteiger partial charge in [-0.25, -0.2) is 9.59 Å². The van der Waals surface area contributed by atoms with Crippen molar-refractivity contribution < 1.29 is 28.6 Å². The summed E-state index contributed by atoms with van der Waals surface area (Å²) in [5, 5.41) is 0. The van der Waals surface area contributed by atoms with Gasteiger partial charge in [-0.3, -0.25) is 4.79 Å². The largest absolute Gasteiger partial charge is 0.462 e. The minimum Gasteiger partial charge on any atom is -0.462 e. The van der Waals surface area contributed by atoms with Crippen LogP contribution < -0.4 is 4.74 Å². The number of hydrogen-bond acceptors (Lipinski definition) is 6. The summed E-state index contributed by atoms with van der Waals surface area (Å²) >= 11 is 0. The number of carbonyl (C=O) groups is 3. The van der Waals surface area contributed by atoms with Crippen LogP contribution in [-0.4, -0.2) is 35.9 Å². The average Bonchev–Trinajstić information content (AvgIpc) is 3.07. The van der Waals surface area contributed by atoms with Crippen molar-refractivity contribution in [3.8, 4) is 11.5 Å². The van der Waals surface area contributed by atoms with Gasteiger partial charge in [-0.1, -0.05) is 18.2 Å². The molecule has 0 atom stereocenters. The quantitative estimate of drug-likeness (QED) is 0.421. The van der Waals surface area contributed by atoms with Crippen LogP contribution >= 0.6 is 0 Å². The number of aromatic nitrogens is 1. The standard InChI is InChI=1S/C24H23NO6/c1-4-29-24(28)21-15(2)22(25-16(21)3)20(26)14-30-23(27)17-10-12-19(13-11-17)31-18-8-6-5-7-9-18/h5-13,25H,4,14H2,1-3H3. The fourth-order valence-corrected chi connectivity index (χ4v) is 3.11. The van der Waals surface area contributed by atoms with Crippen molar-refractivity contribution in [2.45, 2.75) is 20.8 Å². The summed E-state index contributed by atoms with van der Waals surface area (Å²) in [6, 6.07) is 15.7. The van der Waals surface area contributed by atoms with E-state index in [4.69, 9.17) is 14.2 Å². The number of carbonyl (C=O) groups excluding carboxylic acids is 3. The molecule has 0 bridgehead atoms. The molecule has 0 aliphatic rings. The van der Waals surface area contributed by atoms with Gasteiger partial charge in [-0.2, -0.15) is 0 Å². The highest BCUT2D eigenvalue weighted by molar-refractivity contribution is 6.03. The Morgan fingerprint density at radius 3 is 2.13 bits per heavy atom. The van der Waals surface area contributed by atoms with Crippen molar-refractivity contribution in [3.05, 3.63) is 82.7 Å². The van der Waals surface area contributed by atoms with Gasteiger partial charge in [0.2, 0.25) is 5.78 Å². The van der Waals surface area contributed by atoms with E-state index in [1.165, 1.54) is 0 Å². The second-order valence-corrected chi connectivity index (χ2v) is 6.78. The first-order valence-electron chi connectivity index (χ1n) is 9.80. The summed E-state index contributed by atoms with van der Waals surface area (Å²) in [5.41, 5.74) is 1.84. The Hall–Kier alpha value is -3.87. The molecular formula is C24H23NO6. The van der Waals surface area contributed by atoms with E-state index in [9.17, 15) is 14.4 Å². The van der Waals surface area contributed by atoms with Crippen molar-refractivity contribution in [2.75, 3.05) is 13.2 Å². The first-order chi connectivity index (χ1) is 14.9. The maximum atomic E-state index is 12.5. The van der Waals surface area contributed by atoms with E-state index in [0.717, 1.165) is 0 Å². The normalized spacial score (nSPS) is 10.4. The second kappa shape index (κ2) is 9.75. The minimum absolute atomic E-state index is 0.222. The van der Waals surface area contributed by atoms with Gasteiger partial charge in [0, 0.05) is 5.69 Å². The third-order valence-corrected chi connectivity index (χ3v) is 4.60. The second-order valence-electron chi connectivity index (χ2n) is 6.78. The van der Waals surface area contributed by atoms with Crippen LogP contribution in [0.15, 0.2) is 54.6 Å². The molecular weight excluding hydrogens is 398 g/mol. The average molecular weight is 421 g/mol. The molecule has 160 valence electrons. The monoisotopic (exact) mass is 421 g/mol. The zero-order valence-corrected chi connectivity index (χ0v) is 17.6. The summed E-state index contributed by atoms with van der Waals surface area (Å²) in [6.45, 7) is 4.82. The molecule has 0 saturated carbocycles. The molecule has 0 aliphatic heterocycles. The number of esters is 2. The molecule has 0 saturated heterocycles. The maximum absolute atomic E-state index is 12.5. The summed E-state index contributed by atoms with van der Waals surface area (Å²) < 4.78 is 15.9. The van der Waals surface area contributed by atoms with Gasteiger partial charge < -0.3 is 19.2 Å². The molecule has 0 unspecified atom stereocenters. The van der Waals surface area contributed by atoms with E-state index >= 15 is 0 Å². The Balaban J connectivity index is 1.61. The molecule has 0 aliphatic carbocycles. The Bertz CT molecular complexity index is 1080. The molecule has 1 aromatic heterocycles. The Labute approximate surface area is 179 Å². The van der Waals surface area contributed by atoms with Gasteiger partial charge in [-0.15, -0.1) is 0 Å². The van der Waals surface area contributed by atoms with Crippen LogP contribution in [0, 0.1) is 13.8 Å². The first kappa shape index (κ1) is 21.8. The summed E-state index contributed by atoms with van der Waals surface area (Å²) in [6.07, 6.45) is 0. The van der Waals surface area contributed by atoms with Crippen molar-refractivity contribution in [1.29, 1.82) is 0 Å².